The van der Waals surface area contributed by atoms with Crippen LogP contribution in [0.1, 0.15) is 32.8 Å². The summed E-state index contributed by atoms with van der Waals surface area (Å²) >= 11 is 2.21. The summed E-state index contributed by atoms with van der Waals surface area (Å²) in [5.74, 6) is -1.06. The van der Waals surface area contributed by atoms with Gasteiger partial charge in [-0.25, -0.2) is 9.59 Å². The average molecular weight is 405 g/mol. The van der Waals surface area contributed by atoms with Gasteiger partial charge in [-0.05, 0) is 73.9 Å². The Morgan fingerprint density at radius 3 is 2.33 bits per heavy atom. The first kappa shape index (κ1) is 17.7. The van der Waals surface area contributed by atoms with Crippen LogP contribution in [-0.4, -0.2) is 28.8 Å². The summed E-state index contributed by atoms with van der Waals surface area (Å²) in [7, 11) is 0. The highest BCUT2D eigenvalue weighted by Gasteiger charge is 2.23. The summed E-state index contributed by atoms with van der Waals surface area (Å²) in [6.45, 7) is 5.19. The summed E-state index contributed by atoms with van der Waals surface area (Å²) in [5, 5.41) is 11.6. The first-order chi connectivity index (χ1) is 9.67. The number of amides is 1. The van der Waals surface area contributed by atoms with E-state index in [1.807, 2.05) is 24.3 Å². The lowest BCUT2D eigenvalue weighted by molar-refractivity contribution is -0.139. The van der Waals surface area contributed by atoms with Crippen molar-refractivity contribution in [1.29, 1.82) is 0 Å². The molecule has 0 bridgehead atoms. The number of hydrogen-bond acceptors (Lipinski definition) is 3. The average Bonchev–Trinajstić information content (AvgIpc) is 2.33. The highest BCUT2D eigenvalue weighted by atomic mass is 127. The molecule has 0 heterocycles. The number of halogens is 1. The van der Waals surface area contributed by atoms with E-state index in [1.54, 1.807) is 20.8 Å². The number of carbonyl (C=O) groups excluding carboxylic acids is 1. The van der Waals surface area contributed by atoms with Crippen molar-refractivity contribution in [3.05, 3.63) is 33.4 Å². The number of benzene rings is 1. The Kier molecular flexibility index (Phi) is 6.44. The Balaban J connectivity index is 2.56. The molecule has 0 aliphatic heterocycles. The number of hydrogen-bond donors (Lipinski definition) is 2. The quantitative estimate of drug-likeness (QED) is 0.738. The van der Waals surface area contributed by atoms with E-state index in [0.717, 1.165) is 9.13 Å². The molecule has 0 aromatic heterocycles. The SMILES string of the molecule is CC(C)(C)OC(=O)N[C@H](CCc1ccc(I)cc1)C(=O)O. The second kappa shape index (κ2) is 7.63. The number of aliphatic carboxylic acids is 1. The van der Waals surface area contributed by atoms with Gasteiger partial charge in [-0.15, -0.1) is 0 Å². The summed E-state index contributed by atoms with van der Waals surface area (Å²) in [5.41, 5.74) is 0.385. The third kappa shape index (κ3) is 7.31. The monoisotopic (exact) mass is 405 g/mol. The fourth-order valence-electron chi connectivity index (χ4n) is 1.67. The van der Waals surface area contributed by atoms with Gasteiger partial charge in [0.15, 0.2) is 0 Å². The molecule has 0 fully saturated rings. The van der Waals surface area contributed by atoms with Crippen molar-refractivity contribution in [3.63, 3.8) is 0 Å². The van der Waals surface area contributed by atoms with Gasteiger partial charge in [0, 0.05) is 3.57 Å². The summed E-state index contributed by atoms with van der Waals surface area (Å²) in [6, 6.07) is 6.88. The van der Waals surface area contributed by atoms with Crippen molar-refractivity contribution in [2.45, 2.75) is 45.3 Å². The molecule has 6 heteroatoms. The molecule has 1 aromatic carbocycles. The first-order valence-corrected chi connectivity index (χ1v) is 7.72. The van der Waals surface area contributed by atoms with Gasteiger partial charge < -0.3 is 15.2 Å². The number of ether oxygens (including phenoxy) is 1. The predicted molar refractivity (Wildman–Crippen MR) is 88.3 cm³/mol. The van der Waals surface area contributed by atoms with Crippen LogP contribution in [0.2, 0.25) is 0 Å². The van der Waals surface area contributed by atoms with E-state index in [9.17, 15) is 14.7 Å². The molecule has 21 heavy (non-hydrogen) atoms. The zero-order valence-electron chi connectivity index (χ0n) is 12.4. The minimum Gasteiger partial charge on any atom is -0.480 e. The fourth-order valence-corrected chi connectivity index (χ4v) is 2.03. The maximum Gasteiger partial charge on any atom is 0.408 e. The number of alkyl carbamates (subject to hydrolysis) is 1. The third-order valence-corrected chi connectivity index (χ3v) is 3.34. The Morgan fingerprint density at radius 1 is 1.29 bits per heavy atom. The summed E-state index contributed by atoms with van der Waals surface area (Å²) < 4.78 is 6.19. The van der Waals surface area contributed by atoms with Crippen molar-refractivity contribution in [2.75, 3.05) is 0 Å². The molecule has 0 aliphatic rings. The predicted octanol–water partition coefficient (Wildman–Crippen LogP) is 3.20. The molecule has 2 N–H and O–H groups in total. The lowest BCUT2D eigenvalue weighted by atomic mass is 10.1. The standard InChI is InChI=1S/C15H20INO4/c1-15(2,3)21-14(20)17-12(13(18)19)9-6-10-4-7-11(16)8-5-10/h4-5,7-8,12H,6,9H2,1-3H3,(H,17,20)(H,18,19)/t12-/m1/s1. The van der Waals surface area contributed by atoms with Crippen LogP contribution in [0.3, 0.4) is 0 Å². The van der Waals surface area contributed by atoms with Gasteiger partial charge in [0.25, 0.3) is 0 Å². The number of carboxylic acid groups (broad SMARTS) is 1. The van der Waals surface area contributed by atoms with Crippen LogP contribution in [0.4, 0.5) is 4.79 Å². The summed E-state index contributed by atoms with van der Waals surface area (Å²) in [6.07, 6.45) is 0.177. The molecule has 0 aliphatic carbocycles. The molecule has 0 saturated carbocycles. The second-order valence-corrected chi connectivity index (χ2v) is 6.95. The van der Waals surface area contributed by atoms with E-state index in [-0.39, 0.29) is 0 Å². The minimum atomic E-state index is -1.06. The highest BCUT2D eigenvalue weighted by molar-refractivity contribution is 14.1. The normalized spacial score (nSPS) is 12.6. The van der Waals surface area contributed by atoms with E-state index in [4.69, 9.17) is 4.74 Å². The van der Waals surface area contributed by atoms with Gasteiger partial charge >= 0.3 is 12.1 Å². The summed E-state index contributed by atoms with van der Waals surface area (Å²) in [4.78, 5) is 22.8. The number of nitrogens with one attached hydrogen (secondary N) is 1. The maximum absolute atomic E-state index is 11.6. The van der Waals surface area contributed by atoms with Crippen LogP contribution in [-0.2, 0) is 16.0 Å². The highest BCUT2D eigenvalue weighted by Crippen LogP contribution is 2.11. The number of carboxylic acids is 1. The minimum absolute atomic E-state index is 0.315. The van der Waals surface area contributed by atoms with Crippen LogP contribution in [0.5, 0.6) is 0 Å². The Labute approximate surface area is 138 Å². The lowest BCUT2D eigenvalue weighted by Crippen LogP contribution is -2.43. The largest absolute Gasteiger partial charge is 0.480 e. The van der Waals surface area contributed by atoms with Crippen molar-refractivity contribution in [2.24, 2.45) is 0 Å². The van der Waals surface area contributed by atoms with E-state index in [2.05, 4.69) is 27.9 Å². The molecule has 5 nitrogen and oxygen atoms in total. The molecular weight excluding hydrogens is 385 g/mol. The molecule has 1 atom stereocenters. The molecule has 0 radical (unpaired) electrons. The molecule has 116 valence electrons. The first-order valence-electron chi connectivity index (χ1n) is 6.64. The maximum atomic E-state index is 11.6. The van der Waals surface area contributed by atoms with E-state index >= 15 is 0 Å². The Morgan fingerprint density at radius 2 is 1.86 bits per heavy atom. The number of rotatable bonds is 5. The molecule has 1 amide bonds. The topological polar surface area (TPSA) is 75.6 Å². The van der Waals surface area contributed by atoms with Crippen LogP contribution in [0.25, 0.3) is 0 Å². The van der Waals surface area contributed by atoms with E-state index in [1.165, 1.54) is 0 Å². The van der Waals surface area contributed by atoms with Gasteiger partial charge in [-0.1, -0.05) is 12.1 Å². The van der Waals surface area contributed by atoms with Crippen molar-refractivity contribution in [1.82, 2.24) is 5.32 Å². The Hall–Kier alpha value is -1.31. The van der Waals surface area contributed by atoms with E-state index in [0.29, 0.717) is 12.8 Å². The van der Waals surface area contributed by atoms with Gasteiger partial charge in [0.1, 0.15) is 11.6 Å². The molecule has 1 aromatic rings. The van der Waals surface area contributed by atoms with E-state index < -0.39 is 23.7 Å². The second-order valence-electron chi connectivity index (χ2n) is 5.70. The zero-order chi connectivity index (χ0) is 16.0. The molecule has 0 spiro atoms. The Bertz CT molecular complexity index is 493. The van der Waals surface area contributed by atoms with Crippen molar-refractivity contribution < 1.29 is 19.4 Å². The lowest BCUT2D eigenvalue weighted by Gasteiger charge is -2.22. The molecule has 0 unspecified atom stereocenters. The number of aryl methyl sites for hydroxylation is 1. The van der Waals surface area contributed by atoms with Crippen molar-refractivity contribution >= 4 is 34.7 Å². The smallest absolute Gasteiger partial charge is 0.408 e. The van der Waals surface area contributed by atoms with Gasteiger partial charge in [-0.3, -0.25) is 0 Å². The molecule has 1 rings (SSSR count). The van der Waals surface area contributed by atoms with Gasteiger partial charge in [0.2, 0.25) is 0 Å². The molecular formula is C15H20INO4. The van der Waals surface area contributed by atoms with Crippen LogP contribution >= 0.6 is 22.6 Å². The molecule has 0 saturated heterocycles. The van der Waals surface area contributed by atoms with Crippen molar-refractivity contribution in [3.8, 4) is 0 Å². The van der Waals surface area contributed by atoms with Crippen LogP contribution < -0.4 is 5.32 Å². The fraction of sp³-hybridized carbons (Fsp3) is 0.467. The van der Waals surface area contributed by atoms with Crippen LogP contribution in [0, 0.1) is 3.57 Å². The third-order valence-electron chi connectivity index (χ3n) is 2.62. The number of carbonyl (C=O) groups is 2. The van der Waals surface area contributed by atoms with Crippen LogP contribution in [0.15, 0.2) is 24.3 Å². The van der Waals surface area contributed by atoms with Gasteiger partial charge in [-0.2, -0.15) is 0 Å². The zero-order valence-corrected chi connectivity index (χ0v) is 14.5. The van der Waals surface area contributed by atoms with Gasteiger partial charge in [0.05, 0.1) is 0 Å².